The van der Waals surface area contributed by atoms with Crippen LogP contribution in [0.5, 0.6) is 0 Å². The Morgan fingerprint density at radius 1 is 1.63 bits per heavy atom. The highest BCUT2D eigenvalue weighted by Crippen LogP contribution is 2.47. The SMILES string of the molecule is CCP(=S)(CC)/C(=N/OCc1csc(N)n1)C(=O)O. The molecule has 0 aliphatic carbocycles. The summed E-state index contributed by atoms with van der Waals surface area (Å²) in [6.45, 7) is 3.85. The number of hydrogen-bond donors (Lipinski definition) is 2. The summed E-state index contributed by atoms with van der Waals surface area (Å²) in [6, 6.07) is -2.15. The number of oxime groups is 1. The number of nitrogen functional groups attached to an aromatic ring is 1. The molecule has 3 N–H and O–H groups in total. The first-order valence-electron chi connectivity index (χ1n) is 5.64. The number of aromatic nitrogens is 1. The molecule has 0 aromatic carbocycles. The minimum absolute atomic E-state index is 0.0318. The fraction of sp³-hybridized carbons (Fsp3) is 0.500. The zero-order chi connectivity index (χ0) is 14.5. The molecule has 0 unspecified atom stereocenters. The van der Waals surface area contributed by atoms with Crippen molar-refractivity contribution in [1.29, 1.82) is 0 Å². The molecule has 106 valence electrons. The van der Waals surface area contributed by atoms with Crippen LogP contribution < -0.4 is 5.73 Å². The van der Waals surface area contributed by atoms with Crippen molar-refractivity contribution in [3.05, 3.63) is 11.1 Å². The van der Waals surface area contributed by atoms with Crippen LogP contribution in [0.2, 0.25) is 0 Å². The van der Waals surface area contributed by atoms with Gasteiger partial charge in [0.15, 0.2) is 17.2 Å². The zero-order valence-electron chi connectivity index (χ0n) is 10.7. The van der Waals surface area contributed by atoms with Gasteiger partial charge in [0, 0.05) is 11.4 Å². The van der Waals surface area contributed by atoms with Crippen LogP contribution in [0.4, 0.5) is 5.13 Å². The Morgan fingerprint density at radius 2 is 2.26 bits per heavy atom. The second kappa shape index (κ2) is 6.98. The van der Waals surface area contributed by atoms with E-state index in [-0.39, 0.29) is 12.1 Å². The van der Waals surface area contributed by atoms with Gasteiger partial charge in [0.05, 0.1) is 5.69 Å². The molecule has 0 spiro atoms. The molecular weight excluding hydrogens is 305 g/mol. The van der Waals surface area contributed by atoms with Gasteiger partial charge in [-0.15, -0.1) is 11.3 Å². The van der Waals surface area contributed by atoms with Crippen LogP contribution in [0.25, 0.3) is 0 Å². The van der Waals surface area contributed by atoms with Crippen LogP contribution >= 0.6 is 17.4 Å². The maximum Gasteiger partial charge on any atom is 0.359 e. The standard InChI is InChI=1S/C10H16N3O3PS2/c1-3-17(18,4-2)8(9(14)15)13-16-5-7-6-19-10(11)12-7/h6H,3-5H2,1-2H3,(H2,11,12)(H,14,15)/b13-8+. The van der Waals surface area contributed by atoms with Gasteiger partial charge in [-0.1, -0.05) is 30.8 Å². The van der Waals surface area contributed by atoms with Crippen molar-refractivity contribution in [2.45, 2.75) is 20.5 Å². The molecular formula is C10H16N3O3PS2. The number of aliphatic carboxylic acids is 1. The van der Waals surface area contributed by atoms with Crippen molar-refractivity contribution in [2.24, 2.45) is 5.16 Å². The highest BCUT2D eigenvalue weighted by Gasteiger charge is 2.27. The van der Waals surface area contributed by atoms with E-state index in [0.29, 0.717) is 23.1 Å². The number of carbonyl (C=O) groups is 1. The highest BCUT2D eigenvalue weighted by molar-refractivity contribution is 8.23. The van der Waals surface area contributed by atoms with Gasteiger partial charge in [0.2, 0.25) is 0 Å². The third-order valence-electron chi connectivity index (χ3n) is 2.53. The molecule has 0 aliphatic rings. The number of thiazole rings is 1. The average molecular weight is 321 g/mol. The maximum atomic E-state index is 11.2. The smallest absolute Gasteiger partial charge is 0.359 e. The topological polar surface area (TPSA) is 97.8 Å². The van der Waals surface area contributed by atoms with Crippen molar-refractivity contribution in [1.82, 2.24) is 4.98 Å². The lowest BCUT2D eigenvalue weighted by molar-refractivity contribution is -0.129. The number of hydrogen-bond acceptors (Lipinski definition) is 7. The van der Waals surface area contributed by atoms with Crippen LogP contribution in [0.15, 0.2) is 10.5 Å². The Bertz CT molecular complexity index is 522. The van der Waals surface area contributed by atoms with Gasteiger partial charge in [0.25, 0.3) is 0 Å². The Balaban J connectivity index is 2.80. The molecule has 1 heterocycles. The average Bonchev–Trinajstić information content (AvgIpc) is 2.79. The Kier molecular flexibility index (Phi) is 5.90. The molecule has 1 aromatic heterocycles. The first-order valence-corrected chi connectivity index (χ1v) is 9.70. The van der Waals surface area contributed by atoms with E-state index in [0.717, 1.165) is 0 Å². The van der Waals surface area contributed by atoms with E-state index in [1.54, 1.807) is 5.38 Å². The summed E-state index contributed by atoms with van der Waals surface area (Å²) in [5.74, 6) is -1.11. The first kappa shape index (κ1) is 16.1. The van der Waals surface area contributed by atoms with Crippen molar-refractivity contribution in [3.8, 4) is 0 Å². The number of nitrogens with two attached hydrogens (primary N) is 1. The van der Waals surface area contributed by atoms with E-state index in [4.69, 9.17) is 22.4 Å². The van der Waals surface area contributed by atoms with Gasteiger partial charge in [-0.25, -0.2) is 9.78 Å². The molecule has 1 aromatic rings. The Morgan fingerprint density at radius 3 is 2.68 bits per heavy atom. The molecule has 19 heavy (non-hydrogen) atoms. The molecule has 0 aliphatic heterocycles. The molecule has 0 amide bonds. The largest absolute Gasteiger partial charge is 0.476 e. The van der Waals surface area contributed by atoms with Gasteiger partial charge in [0.1, 0.15) is 0 Å². The first-order chi connectivity index (χ1) is 8.92. The van der Waals surface area contributed by atoms with Gasteiger partial charge in [-0.3, -0.25) is 0 Å². The van der Waals surface area contributed by atoms with Gasteiger partial charge in [-0.05, 0) is 12.3 Å². The summed E-state index contributed by atoms with van der Waals surface area (Å²) in [7, 11) is 0. The van der Waals surface area contributed by atoms with E-state index in [9.17, 15) is 9.90 Å². The molecule has 0 saturated heterocycles. The molecule has 1 rings (SSSR count). The summed E-state index contributed by atoms with van der Waals surface area (Å²) in [5.41, 5.74) is 6.07. The zero-order valence-corrected chi connectivity index (χ0v) is 13.2. The van der Waals surface area contributed by atoms with Gasteiger partial charge in [-0.2, -0.15) is 0 Å². The van der Waals surface area contributed by atoms with Crippen molar-refractivity contribution in [3.63, 3.8) is 0 Å². The second-order valence-corrected chi connectivity index (χ2v) is 10.1. The summed E-state index contributed by atoms with van der Waals surface area (Å²) < 4.78 is 0. The number of carboxylic acid groups (broad SMARTS) is 1. The van der Waals surface area contributed by atoms with Crippen molar-refractivity contribution < 1.29 is 14.7 Å². The third kappa shape index (κ3) is 4.26. The van der Waals surface area contributed by atoms with Crippen LogP contribution in [-0.2, 0) is 28.0 Å². The minimum Gasteiger partial charge on any atom is -0.476 e. The molecule has 0 radical (unpaired) electrons. The lowest BCUT2D eigenvalue weighted by atomic mass is 10.5. The quantitative estimate of drug-likeness (QED) is 0.454. The molecule has 6 nitrogen and oxygen atoms in total. The predicted octanol–water partition coefficient (Wildman–Crippen LogP) is 2.16. The fourth-order valence-electron chi connectivity index (χ4n) is 1.36. The van der Waals surface area contributed by atoms with Gasteiger partial charge < -0.3 is 15.7 Å². The highest BCUT2D eigenvalue weighted by atomic mass is 32.4. The van der Waals surface area contributed by atoms with Crippen LogP contribution in [0, 0.1) is 0 Å². The monoisotopic (exact) mass is 321 g/mol. The normalized spacial score (nSPS) is 12.4. The van der Waals surface area contributed by atoms with E-state index < -0.39 is 12.0 Å². The molecule has 0 atom stereocenters. The molecule has 0 saturated carbocycles. The third-order valence-corrected chi connectivity index (χ3v) is 8.41. The van der Waals surface area contributed by atoms with E-state index in [2.05, 4.69) is 10.1 Å². The molecule has 9 heteroatoms. The Hall–Kier alpha value is -0.980. The maximum absolute atomic E-state index is 11.2. The second-order valence-electron chi connectivity index (χ2n) is 3.69. The lowest BCUT2D eigenvalue weighted by Gasteiger charge is -2.16. The lowest BCUT2D eigenvalue weighted by Crippen LogP contribution is -2.16. The van der Waals surface area contributed by atoms with E-state index in [1.807, 2.05) is 13.8 Å². The summed E-state index contributed by atoms with van der Waals surface area (Å²) in [4.78, 5) is 20.3. The van der Waals surface area contributed by atoms with Crippen LogP contribution in [-0.4, -0.2) is 33.8 Å². The molecule has 0 fully saturated rings. The minimum atomic E-state index is -2.15. The van der Waals surface area contributed by atoms with E-state index in [1.165, 1.54) is 11.3 Å². The predicted molar refractivity (Wildman–Crippen MR) is 81.8 cm³/mol. The fourth-order valence-corrected chi connectivity index (χ4v) is 3.84. The summed E-state index contributed by atoms with van der Waals surface area (Å²) >= 11 is 6.71. The summed E-state index contributed by atoms with van der Waals surface area (Å²) in [6.07, 6.45) is 1.22. The number of carboxylic acids is 1. The van der Waals surface area contributed by atoms with Crippen molar-refractivity contribution >= 4 is 45.7 Å². The summed E-state index contributed by atoms with van der Waals surface area (Å²) in [5, 5.41) is 15.1. The van der Waals surface area contributed by atoms with Crippen LogP contribution in [0.3, 0.4) is 0 Å². The van der Waals surface area contributed by atoms with Gasteiger partial charge >= 0.3 is 5.97 Å². The molecule has 0 bridgehead atoms. The van der Waals surface area contributed by atoms with Crippen molar-refractivity contribution in [2.75, 3.05) is 18.1 Å². The van der Waals surface area contributed by atoms with Crippen LogP contribution in [0.1, 0.15) is 19.5 Å². The van der Waals surface area contributed by atoms with E-state index >= 15 is 0 Å². The number of rotatable bonds is 7. The number of nitrogens with zero attached hydrogens (tertiary/aromatic N) is 2. The Labute approximate surface area is 120 Å². The number of anilines is 1.